The molecule has 0 aliphatic carbocycles. The molecule has 27 heavy (non-hydrogen) atoms. The Kier molecular flexibility index (Phi) is 8.33. The molecule has 1 aromatic carbocycles. The fourth-order valence-corrected chi connectivity index (χ4v) is 3.33. The van der Waals surface area contributed by atoms with Gasteiger partial charge >= 0.3 is 5.97 Å². The summed E-state index contributed by atoms with van der Waals surface area (Å²) < 4.78 is 5.18. The second-order valence-corrected chi connectivity index (χ2v) is 6.86. The van der Waals surface area contributed by atoms with E-state index in [0.717, 1.165) is 31.2 Å². The highest BCUT2D eigenvalue weighted by Crippen LogP contribution is 2.24. The number of aliphatic hydroxyl groups excluding tert-OH is 1. The standard InChI is InChI=1S/C21H29NO5/c1-27-18-8-6-7-16(15-18)19(23)12-10-17-11-13-20(24)22(17)14-5-3-2-4-9-21(25)26/h6-8,10,12,15,17,19,23H,2-5,9,11,13-14H2,1H3,(H,25,26)/t17-,19?/m0/s1. The highest BCUT2D eigenvalue weighted by Gasteiger charge is 2.28. The third kappa shape index (κ3) is 6.71. The monoisotopic (exact) mass is 375 g/mol. The van der Waals surface area contributed by atoms with Gasteiger partial charge in [-0.15, -0.1) is 0 Å². The minimum absolute atomic E-state index is 0.0109. The first-order valence-electron chi connectivity index (χ1n) is 9.53. The van der Waals surface area contributed by atoms with Crippen LogP contribution in [0.5, 0.6) is 5.75 Å². The smallest absolute Gasteiger partial charge is 0.303 e. The fourth-order valence-electron chi connectivity index (χ4n) is 3.33. The summed E-state index contributed by atoms with van der Waals surface area (Å²) in [6, 6.07) is 7.31. The second kappa shape index (κ2) is 10.7. The van der Waals surface area contributed by atoms with Crippen LogP contribution in [0.3, 0.4) is 0 Å². The van der Waals surface area contributed by atoms with E-state index in [9.17, 15) is 14.7 Å². The lowest BCUT2D eigenvalue weighted by Gasteiger charge is -2.22. The lowest BCUT2D eigenvalue weighted by atomic mass is 10.1. The van der Waals surface area contributed by atoms with E-state index in [4.69, 9.17) is 9.84 Å². The Labute approximate surface area is 160 Å². The summed E-state index contributed by atoms with van der Waals surface area (Å²) in [7, 11) is 1.59. The topological polar surface area (TPSA) is 87.1 Å². The number of nitrogens with zero attached hydrogens (tertiary/aromatic N) is 1. The molecule has 1 aliphatic heterocycles. The quantitative estimate of drug-likeness (QED) is 0.458. The van der Waals surface area contributed by atoms with Crippen molar-refractivity contribution in [3.05, 3.63) is 42.0 Å². The zero-order valence-corrected chi connectivity index (χ0v) is 15.8. The Morgan fingerprint density at radius 3 is 2.85 bits per heavy atom. The molecule has 6 nitrogen and oxygen atoms in total. The summed E-state index contributed by atoms with van der Waals surface area (Å²) in [5, 5.41) is 19.0. The SMILES string of the molecule is COc1cccc(C(O)C=C[C@H]2CCC(=O)N2CCCCCCC(=O)O)c1. The summed E-state index contributed by atoms with van der Waals surface area (Å²) in [4.78, 5) is 24.5. The van der Waals surface area contributed by atoms with Crippen LogP contribution in [0.2, 0.25) is 0 Å². The number of amides is 1. The maximum absolute atomic E-state index is 12.1. The number of aliphatic carboxylic acids is 1. The van der Waals surface area contributed by atoms with Crippen molar-refractivity contribution in [3.63, 3.8) is 0 Å². The molecule has 2 N–H and O–H groups in total. The van der Waals surface area contributed by atoms with E-state index in [-0.39, 0.29) is 18.4 Å². The first-order chi connectivity index (χ1) is 13.0. The zero-order chi connectivity index (χ0) is 19.6. The van der Waals surface area contributed by atoms with Crippen molar-refractivity contribution in [2.75, 3.05) is 13.7 Å². The van der Waals surface area contributed by atoms with E-state index in [2.05, 4.69) is 0 Å². The molecule has 1 heterocycles. The second-order valence-electron chi connectivity index (χ2n) is 6.86. The van der Waals surface area contributed by atoms with Crippen molar-refractivity contribution in [2.24, 2.45) is 0 Å². The number of rotatable bonds is 11. The summed E-state index contributed by atoms with van der Waals surface area (Å²) in [5.41, 5.74) is 0.750. The van der Waals surface area contributed by atoms with E-state index in [1.807, 2.05) is 29.2 Å². The van der Waals surface area contributed by atoms with Crippen molar-refractivity contribution in [3.8, 4) is 5.75 Å². The molecular formula is C21H29NO5. The van der Waals surface area contributed by atoms with Gasteiger partial charge in [-0.05, 0) is 37.0 Å². The molecule has 1 saturated heterocycles. The molecule has 1 aromatic rings. The predicted molar refractivity (Wildman–Crippen MR) is 103 cm³/mol. The van der Waals surface area contributed by atoms with Gasteiger partial charge in [-0.2, -0.15) is 0 Å². The third-order valence-corrected chi connectivity index (χ3v) is 4.87. The van der Waals surface area contributed by atoms with Gasteiger partial charge in [0, 0.05) is 19.4 Å². The number of methoxy groups -OCH3 is 1. The van der Waals surface area contributed by atoms with Crippen LogP contribution in [-0.4, -0.2) is 46.7 Å². The Hall–Kier alpha value is -2.34. The number of likely N-dealkylation sites (tertiary alicyclic amines) is 1. The van der Waals surface area contributed by atoms with Crippen LogP contribution in [0.4, 0.5) is 0 Å². The highest BCUT2D eigenvalue weighted by atomic mass is 16.5. The van der Waals surface area contributed by atoms with Gasteiger partial charge in [0.15, 0.2) is 0 Å². The number of unbranched alkanes of at least 4 members (excludes halogenated alkanes) is 3. The minimum atomic E-state index is -0.760. The minimum Gasteiger partial charge on any atom is -0.497 e. The maximum Gasteiger partial charge on any atom is 0.303 e. The third-order valence-electron chi connectivity index (χ3n) is 4.87. The lowest BCUT2D eigenvalue weighted by molar-refractivity contribution is -0.137. The van der Waals surface area contributed by atoms with Crippen molar-refractivity contribution >= 4 is 11.9 Å². The van der Waals surface area contributed by atoms with Crippen molar-refractivity contribution in [1.29, 1.82) is 0 Å². The molecule has 0 aromatic heterocycles. The number of ether oxygens (including phenoxy) is 1. The molecule has 0 saturated carbocycles. The highest BCUT2D eigenvalue weighted by molar-refractivity contribution is 5.79. The Morgan fingerprint density at radius 2 is 2.11 bits per heavy atom. The van der Waals surface area contributed by atoms with Crippen molar-refractivity contribution in [2.45, 2.75) is 57.1 Å². The number of hydrogen-bond acceptors (Lipinski definition) is 4. The molecular weight excluding hydrogens is 346 g/mol. The number of hydrogen-bond donors (Lipinski definition) is 2. The van der Waals surface area contributed by atoms with E-state index in [0.29, 0.717) is 25.1 Å². The van der Waals surface area contributed by atoms with E-state index >= 15 is 0 Å². The zero-order valence-electron chi connectivity index (χ0n) is 15.8. The van der Waals surface area contributed by atoms with Crippen molar-refractivity contribution < 1.29 is 24.5 Å². The van der Waals surface area contributed by atoms with Crippen LogP contribution in [0.15, 0.2) is 36.4 Å². The summed E-state index contributed by atoms with van der Waals surface area (Å²) in [6.45, 7) is 0.677. The Balaban J connectivity index is 1.83. The summed E-state index contributed by atoms with van der Waals surface area (Å²) in [5.74, 6) is 0.0797. The molecule has 0 spiro atoms. The normalized spacial score (nSPS) is 18.2. The van der Waals surface area contributed by atoms with Gasteiger partial charge in [-0.25, -0.2) is 0 Å². The van der Waals surface area contributed by atoms with Gasteiger partial charge in [0.25, 0.3) is 0 Å². The average molecular weight is 375 g/mol. The number of benzene rings is 1. The lowest BCUT2D eigenvalue weighted by Crippen LogP contribution is -2.32. The van der Waals surface area contributed by atoms with E-state index < -0.39 is 12.1 Å². The van der Waals surface area contributed by atoms with Crippen molar-refractivity contribution in [1.82, 2.24) is 4.90 Å². The van der Waals surface area contributed by atoms with Crippen LogP contribution in [-0.2, 0) is 9.59 Å². The number of aliphatic hydroxyl groups is 1. The molecule has 2 rings (SSSR count). The van der Waals surface area contributed by atoms with Crippen LogP contribution < -0.4 is 4.74 Å². The van der Waals surface area contributed by atoms with Gasteiger partial charge in [-0.3, -0.25) is 9.59 Å². The maximum atomic E-state index is 12.1. The molecule has 0 radical (unpaired) electrons. The summed E-state index contributed by atoms with van der Waals surface area (Å²) in [6.07, 6.45) is 7.74. The first kappa shape index (κ1) is 21.0. The van der Waals surface area contributed by atoms with Gasteiger partial charge in [0.1, 0.15) is 5.75 Å². The fraction of sp³-hybridized carbons (Fsp3) is 0.524. The van der Waals surface area contributed by atoms with Gasteiger partial charge in [-0.1, -0.05) is 37.1 Å². The number of carbonyl (C=O) groups is 2. The molecule has 2 atom stereocenters. The molecule has 148 valence electrons. The molecule has 1 amide bonds. The molecule has 1 unspecified atom stereocenters. The van der Waals surface area contributed by atoms with Crippen LogP contribution in [0, 0.1) is 0 Å². The molecule has 0 bridgehead atoms. The van der Waals surface area contributed by atoms with Crippen LogP contribution in [0.1, 0.15) is 56.6 Å². The van der Waals surface area contributed by atoms with Crippen LogP contribution >= 0.6 is 0 Å². The Morgan fingerprint density at radius 1 is 1.33 bits per heavy atom. The molecule has 1 fully saturated rings. The number of carbonyl (C=O) groups excluding carboxylic acids is 1. The number of carboxylic acids is 1. The predicted octanol–water partition coefficient (Wildman–Crippen LogP) is 3.31. The average Bonchev–Trinajstić information content (AvgIpc) is 3.02. The van der Waals surface area contributed by atoms with Gasteiger partial charge < -0.3 is 19.8 Å². The van der Waals surface area contributed by atoms with E-state index in [1.54, 1.807) is 19.3 Å². The first-order valence-corrected chi connectivity index (χ1v) is 9.53. The largest absolute Gasteiger partial charge is 0.497 e. The van der Waals surface area contributed by atoms with Gasteiger partial charge in [0.2, 0.25) is 5.91 Å². The van der Waals surface area contributed by atoms with E-state index in [1.165, 1.54) is 0 Å². The summed E-state index contributed by atoms with van der Waals surface area (Å²) >= 11 is 0. The molecule has 1 aliphatic rings. The number of carboxylic acid groups (broad SMARTS) is 1. The molecule has 6 heteroatoms. The van der Waals surface area contributed by atoms with Crippen LogP contribution in [0.25, 0.3) is 0 Å². The Bertz CT molecular complexity index is 658. The van der Waals surface area contributed by atoms with Gasteiger partial charge in [0.05, 0.1) is 19.3 Å².